The first-order valence-corrected chi connectivity index (χ1v) is 8.90. The summed E-state index contributed by atoms with van der Waals surface area (Å²) in [4.78, 5) is 20.5. The first-order valence-electron chi connectivity index (χ1n) is 8.90. The van der Waals surface area contributed by atoms with Crippen molar-refractivity contribution in [3.63, 3.8) is 0 Å². The predicted octanol–water partition coefficient (Wildman–Crippen LogP) is 2.95. The summed E-state index contributed by atoms with van der Waals surface area (Å²) in [6.45, 7) is 2.04. The van der Waals surface area contributed by atoms with Gasteiger partial charge in [-0.05, 0) is 31.2 Å². The monoisotopic (exact) mass is 390 g/mol. The Morgan fingerprint density at radius 1 is 1.25 bits per heavy atom. The van der Waals surface area contributed by atoms with Crippen molar-refractivity contribution in [1.82, 2.24) is 15.6 Å². The molecule has 148 valence electrons. The van der Waals surface area contributed by atoms with E-state index in [-0.39, 0.29) is 30.6 Å². The molecule has 3 rings (SSSR count). The molecule has 2 heterocycles. The number of carbonyl (C=O) groups excluding carboxylic acids is 1. The highest BCUT2D eigenvalue weighted by Crippen LogP contribution is 2.28. The molecule has 1 aliphatic heterocycles. The second-order valence-electron chi connectivity index (χ2n) is 6.67. The summed E-state index contributed by atoms with van der Waals surface area (Å²) in [6, 6.07) is 9.22. The van der Waals surface area contributed by atoms with Crippen LogP contribution in [0.2, 0.25) is 0 Å². The van der Waals surface area contributed by atoms with Crippen molar-refractivity contribution in [2.45, 2.75) is 38.1 Å². The molecular weight excluding hydrogens is 369 g/mol. The van der Waals surface area contributed by atoms with Crippen LogP contribution in [0.25, 0.3) is 0 Å². The predicted molar refractivity (Wildman–Crippen MR) is 100 cm³/mol. The van der Waals surface area contributed by atoms with E-state index < -0.39 is 12.2 Å². The normalized spacial score (nSPS) is 15.5. The standard InChI is InChI=1S/C20H21F3N4O/c1-12(13-6-4-3-5-7-13)27-17(28)9-15-8-14-10-26-18(16(14)11-25-15)19(24-2)20(21,22)23/h3-8,11-12,19,24H,9-10H2,1-2H3,(H,27,28)/t12-,19?/m1/s1. The molecule has 2 aromatic rings. The number of alkyl halides is 3. The number of pyridine rings is 1. The van der Waals surface area contributed by atoms with Crippen molar-refractivity contribution < 1.29 is 18.0 Å². The Morgan fingerprint density at radius 3 is 2.61 bits per heavy atom. The highest BCUT2D eigenvalue weighted by Gasteiger charge is 2.44. The van der Waals surface area contributed by atoms with Crippen LogP contribution in [0.3, 0.4) is 0 Å². The van der Waals surface area contributed by atoms with Crippen molar-refractivity contribution in [2.24, 2.45) is 4.99 Å². The number of hydrogen-bond donors (Lipinski definition) is 2. The number of fused-ring (bicyclic) bond motifs is 1. The number of likely N-dealkylation sites (N-methyl/N-ethyl adjacent to an activating group) is 1. The van der Waals surface area contributed by atoms with Gasteiger partial charge in [-0.15, -0.1) is 0 Å². The second-order valence-corrected chi connectivity index (χ2v) is 6.67. The van der Waals surface area contributed by atoms with E-state index in [2.05, 4.69) is 20.6 Å². The van der Waals surface area contributed by atoms with Gasteiger partial charge in [-0.25, -0.2) is 0 Å². The molecule has 5 nitrogen and oxygen atoms in total. The number of halogens is 3. The van der Waals surface area contributed by atoms with Gasteiger partial charge >= 0.3 is 6.18 Å². The van der Waals surface area contributed by atoms with Crippen molar-refractivity contribution in [3.05, 3.63) is 65.0 Å². The first-order chi connectivity index (χ1) is 13.3. The van der Waals surface area contributed by atoms with Crippen molar-refractivity contribution in [3.8, 4) is 0 Å². The van der Waals surface area contributed by atoms with Gasteiger partial charge < -0.3 is 10.6 Å². The molecule has 1 aromatic carbocycles. The molecule has 0 saturated carbocycles. The van der Waals surface area contributed by atoms with Gasteiger partial charge in [-0.2, -0.15) is 13.2 Å². The van der Waals surface area contributed by atoms with Gasteiger partial charge in [0, 0.05) is 11.8 Å². The number of carbonyl (C=O) groups is 1. The molecule has 1 aromatic heterocycles. The number of rotatable bonds is 6. The zero-order chi connectivity index (χ0) is 20.3. The van der Waals surface area contributed by atoms with Gasteiger partial charge in [0.1, 0.15) is 6.04 Å². The van der Waals surface area contributed by atoms with E-state index in [0.717, 1.165) is 5.56 Å². The fourth-order valence-corrected chi connectivity index (χ4v) is 3.24. The Morgan fingerprint density at radius 2 is 1.96 bits per heavy atom. The van der Waals surface area contributed by atoms with Crippen LogP contribution < -0.4 is 10.6 Å². The molecule has 1 unspecified atom stereocenters. The van der Waals surface area contributed by atoms with E-state index in [1.807, 2.05) is 37.3 Å². The maximum atomic E-state index is 13.2. The molecule has 28 heavy (non-hydrogen) atoms. The van der Waals surface area contributed by atoms with Crippen molar-refractivity contribution in [1.29, 1.82) is 0 Å². The third-order valence-corrected chi connectivity index (χ3v) is 4.65. The lowest BCUT2D eigenvalue weighted by molar-refractivity contribution is -0.138. The lowest BCUT2D eigenvalue weighted by Gasteiger charge is -2.20. The molecule has 1 aliphatic rings. The quantitative estimate of drug-likeness (QED) is 0.797. The zero-order valence-corrected chi connectivity index (χ0v) is 15.5. The second kappa shape index (κ2) is 8.10. The molecule has 0 bridgehead atoms. The Labute approximate surface area is 161 Å². The number of nitrogens with one attached hydrogen (secondary N) is 2. The van der Waals surface area contributed by atoms with Gasteiger partial charge in [0.25, 0.3) is 0 Å². The molecule has 8 heteroatoms. The molecule has 0 aliphatic carbocycles. The topological polar surface area (TPSA) is 66.4 Å². The smallest absolute Gasteiger partial charge is 0.349 e. The fourth-order valence-electron chi connectivity index (χ4n) is 3.24. The van der Waals surface area contributed by atoms with Gasteiger partial charge in [0.2, 0.25) is 5.91 Å². The minimum absolute atomic E-state index is 0.0501. The summed E-state index contributed by atoms with van der Waals surface area (Å²) in [5.74, 6) is -0.202. The minimum atomic E-state index is -4.44. The number of nitrogens with zero attached hydrogens (tertiary/aromatic N) is 2. The molecule has 2 N–H and O–H groups in total. The summed E-state index contributed by atoms with van der Waals surface area (Å²) in [5, 5.41) is 5.16. The van der Waals surface area contributed by atoms with Crippen molar-refractivity contribution in [2.75, 3.05) is 7.05 Å². The van der Waals surface area contributed by atoms with E-state index in [4.69, 9.17) is 0 Å². The van der Waals surface area contributed by atoms with Gasteiger partial charge in [-0.1, -0.05) is 30.3 Å². The van der Waals surface area contributed by atoms with Crippen LogP contribution in [0.5, 0.6) is 0 Å². The SMILES string of the molecule is CNC(C1=NCc2cc(CC(=O)N[C@H](C)c3ccccc3)ncc21)C(F)(F)F. The molecule has 2 atom stereocenters. The number of aromatic nitrogens is 1. The van der Waals surface area contributed by atoms with E-state index in [1.165, 1.54) is 13.2 Å². The Balaban J connectivity index is 1.68. The average molecular weight is 390 g/mol. The molecule has 0 saturated heterocycles. The van der Waals surface area contributed by atoms with Crippen molar-refractivity contribution >= 4 is 11.6 Å². The van der Waals surface area contributed by atoms with Crippen LogP contribution >= 0.6 is 0 Å². The van der Waals surface area contributed by atoms with E-state index in [1.54, 1.807) is 6.07 Å². The summed E-state index contributed by atoms with van der Waals surface area (Å²) in [6.07, 6.45) is -3.02. The van der Waals surface area contributed by atoms with Gasteiger partial charge in [0.05, 0.1) is 30.4 Å². The van der Waals surface area contributed by atoms with Crippen LogP contribution in [-0.2, 0) is 17.8 Å². The minimum Gasteiger partial charge on any atom is -0.349 e. The maximum Gasteiger partial charge on any atom is 0.409 e. The maximum absolute atomic E-state index is 13.2. The van der Waals surface area contributed by atoms with Crippen LogP contribution in [-0.4, -0.2) is 35.9 Å². The Hall–Kier alpha value is -2.74. The first kappa shape index (κ1) is 20.0. The molecule has 0 spiro atoms. The summed E-state index contributed by atoms with van der Waals surface area (Å²) in [7, 11) is 1.25. The Bertz CT molecular complexity index is 881. The zero-order valence-electron chi connectivity index (χ0n) is 15.5. The largest absolute Gasteiger partial charge is 0.409 e. The number of aliphatic imine (C=N–C) groups is 1. The lowest BCUT2D eigenvalue weighted by Crippen LogP contribution is -2.46. The van der Waals surface area contributed by atoms with Crippen LogP contribution in [0.1, 0.15) is 35.3 Å². The average Bonchev–Trinajstić information content (AvgIpc) is 3.04. The van der Waals surface area contributed by atoms with Crippen LogP contribution in [0.4, 0.5) is 13.2 Å². The number of amides is 1. The summed E-state index contributed by atoms with van der Waals surface area (Å²) in [5.41, 5.74) is 2.44. The Kier molecular flexibility index (Phi) is 5.79. The van der Waals surface area contributed by atoms with E-state index in [0.29, 0.717) is 16.8 Å². The van der Waals surface area contributed by atoms with Gasteiger partial charge in [0.15, 0.2) is 0 Å². The lowest BCUT2D eigenvalue weighted by atomic mass is 10.0. The number of benzene rings is 1. The van der Waals surface area contributed by atoms with Gasteiger partial charge in [-0.3, -0.25) is 14.8 Å². The fraction of sp³-hybridized carbons (Fsp3) is 0.350. The molecule has 0 radical (unpaired) electrons. The highest BCUT2D eigenvalue weighted by molar-refractivity contribution is 6.07. The number of hydrogen-bond acceptors (Lipinski definition) is 4. The summed E-state index contributed by atoms with van der Waals surface area (Å²) >= 11 is 0. The van der Waals surface area contributed by atoms with Crippen LogP contribution in [0, 0.1) is 0 Å². The van der Waals surface area contributed by atoms with E-state index in [9.17, 15) is 18.0 Å². The third-order valence-electron chi connectivity index (χ3n) is 4.65. The molecular formula is C20H21F3N4O. The molecule has 0 fully saturated rings. The highest BCUT2D eigenvalue weighted by atomic mass is 19.4. The van der Waals surface area contributed by atoms with Crippen LogP contribution in [0.15, 0.2) is 47.6 Å². The van der Waals surface area contributed by atoms with E-state index >= 15 is 0 Å². The molecule has 1 amide bonds. The summed E-state index contributed by atoms with van der Waals surface area (Å²) < 4.78 is 39.5. The third kappa shape index (κ3) is 4.39.